The van der Waals surface area contributed by atoms with Crippen LogP contribution < -0.4 is 0 Å². The average molecular weight is 280 g/mol. The van der Waals surface area contributed by atoms with Crippen molar-refractivity contribution in [3.8, 4) is 0 Å². The predicted molar refractivity (Wildman–Crippen MR) is 73.1 cm³/mol. The minimum absolute atomic E-state index is 0.165. The molecule has 1 N–H and O–H groups in total. The number of carboxylic acid groups (broad SMARTS) is 1. The molecule has 1 aromatic carbocycles. The lowest BCUT2D eigenvalue weighted by Gasteiger charge is -2.23. The zero-order chi connectivity index (χ0) is 15.2. The van der Waals surface area contributed by atoms with Gasteiger partial charge < -0.3 is 14.6 Å². The van der Waals surface area contributed by atoms with Crippen LogP contribution in [0.2, 0.25) is 0 Å². The van der Waals surface area contributed by atoms with Crippen LogP contribution in [-0.2, 0) is 25.7 Å². The van der Waals surface area contributed by atoms with E-state index in [1.165, 1.54) is 0 Å². The van der Waals surface area contributed by atoms with E-state index in [0.29, 0.717) is 0 Å². The van der Waals surface area contributed by atoms with Crippen molar-refractivity contribution in [2.24, 2.45) is 0 Å². The summed E-state index contributed by atoms with van der Waals surface area (Å²) in [6, 6.07) is 9.24. The third kappa shape index (κ3) is 6.33. The van der Waals surface area contributed by atoms with Crippen LogP contribution in [0.5, 0.6) is 0 Å². The Labute approximate surface area is 118 Å². The Hall–Kier alpha value is -1.88. The van der Waals surface area contributed by atoms with Gasteiger partial charge in [-0.3, -0.25) is 4.79 Å². The van der Waals surface area contributed by atoms with Crippen molar-refractivity contribution in [3.63, 3.8) is 0 Å². The number of ether oxygens (including phenoxy) is 2. The standard InChI is InChI=1S/C15H20O5/c1-15(2,3)20-14(18)12(9-13(16)17)19-10-11-7-5-4-6-8-11/h4-8,12H,9-10H2,1-3H3,(H,16,17). The van der Waals surface area contributed by atoms with Crippen molar-refractivity contribution < 1.29 is 24.2 Å². The first-order valence-electron chi connectivity index (χ1n) is 6.38. The molecule has 0 fully saturated rings. The molecule has 5 heteroatoms. The molecule has 0 amide bonds. The molecule has 5 nitrogen and oxygen atoms in total. The third-order valence-corrected chi connectivity index (χ3v) is 2.32. The fourth-order valence-electron chi connectivity index (χ4n) is 1.51. The Bertz CT molecular complexity index is 447. The first-order valence-corrected chi connectivity index (χ1v) is 6.38. The van der Waals surface area contributed by atoms with Gasteiger partial charge >= 0.3 is 11.9 Å². The van der Waals surface area contributed by atoms with Gasteiger partial charge in [-0.1, -0.05) is 30.3 Å². The topological polar surface area (TPSA) is 72.8 Å². The number of aliphatic carboxylic acids is 1. The molecule has 110 valence electrons. The molecule has 1 aromatic rings. The highest BCUT2D eigenvalue weighted by Gasteiger charge is 2.28. The zero-order valence-corrected chi connectivity index (χ0v) is 12.0. The summed E-state index contributed by atoms with van der Waals surface area (Å²) < 4.78 is 10.6. The van der Waals surface area contributed by atoms with Crippen molar-refractivity contribution in [3.05, 3.63) is 35.9 Å². The van der Waals surface area contributed by atoms with E-state index in [1.807, 2.05) is 30.3 Å². The van der Waals surface area contributed by atoms with E-state index >= 15 is 0 Å². The number of carboxylic acids is 1. The molecule has 1 rings (SSSR count). The Balaban J connectivity index is 2.64. The van der Waals surface area contributed by atoms with Crippen molar-refractivity contribution in [2.45, 2.75) is 45.5 Å². The van der Waals surface area contributed by atoms with Gasteiger partial charge in [0.25, 0.3) is 0 Å². The molecule has 1 unspecified atom stereocenters. The second kappa shape index (κ2) is 7.05. The molecule has 0 bridgehead atoms. The van der Waals surface area contributed by atoms with E-state index in [1.54, 1.807) is 20.8 Å². The number of esters is 1. The fourth-order valence-corrected chi connectivity index (χ4v) is 1.51. The van der Waals surface area contributed by atoms with Gasteiger partial charge in [-0.25, -0.2) is 4.79 Å². The largest absolute Gasteiger partial charge is 0.481 e. The van der Waals surface area contributed by atoms with Gasteiger partial charge in [-0.2, -0.15) is 0 Å². The Morgan fingerprint density at radius 1 is 1.20 bits per heavy atom. The van der Waals surface area contributed by atoms with Gasteiger partial charge in [-0.15, -0.1) is 0 Å². The molecule has 1 atom stereocenters. The van der Waals surface area contributed by atoms with E-state index in [-0.39, 0.29) is 6.61 Å². The number of rotatable bonds is 6. The van der Waals surface area contributed by atoms with Gasteiger partial charge in [-0.05, 0) is 26.3 Å². The van der Waals surface area contributed by atoms with Crippen LogP contribution in [0.3, 0.4) is 0 Å². The first kappa shape index (κ1) is 16.2. The molecule has 0 radical (unpaired) electrons. The molecular weight excluding hydrogens is 260 g/mol. The fraction of sp³-hybridized carbons (Fsp3) is 0.467. The molecule has 20 heavy (non-hydrogen) atoms. The zero-order valence-electron chi connectivity index (χ0n) is 12.0. The molecule has 0 spiro atoms. The minimum atomic E-state index is -1.10. The predicted octanol–water partition coefficient (Wildman–Crippen LogP) is 2.39. The quantitative estimate of drug-likeness (QED) is 0.810. The van der Waals surface area contributed by atoms with Gasteiger partial charge in [0.2, 0.25) is 0 Å². The van der Waals surface area contributed by atoms with Crippen molar-refractivity contribution in [1.82, 2.24) is 0 Å². The second-order valence-electron chi connectivity index (χ2n) is 5.42. The summed E-state index contributed by atoms with van der Waals surface area (Å²) in [6.45, 7) is 5.33. The van der Waals surface area contributed by atoms with Crippen molar-refractivity contribution in [1.29, 1.82) is 0 Å². The monoisotopic (exact) mass is 280 g/mol. The molecule has 0 aliphatic heterocycles. The van der Waals surface area contributed by atoms with Crippen LogP contribution >= 0.6 is 0 Å². The van der Waals surface area contributed by atoms with E-state index in [0.717, 1.165) is 5.56 Å². The third-order valence-electron chi connectivity index (χ3n) is 2.32. The maximum Gasteiger partial charge on any atom is 0.336 e. The van der Waals surface area contributed by atoms with E-state index in [4.69, 9.17) is 14.6 Å². The van der Waals surface area contributed by atoms with E-state index < -0.39 is 30.1 Å². The first-order chi connectivity index (χ1) is 9.28. The van der Waals surface area contributed by atoms with Crippen molar-refractivity contribution >= 4 is 11.9 Å². The molecule has 0 heterocycles. The van der Waals surface area contributed by atoms with E-state index in [2.05, 4.69) is 0 Å². The Kier molecular flexibility index (Phi) is 5.70. The summed E-state index contributed by atoms with van der Waals surface area (Å²) in [6.07, 6.45) is -1.52. The van der Waals surface area contributed by atoms with Crippen molar-refractivity contribution in [2.75, 3.05) is 0 Å². The lowest BCUT2D eigenvalue weighted by atomic mass is 10.2. The van der Waals surface area contributed by atoms with Crippen LogP contribution in [-0.4, -0.2) is 28.8 Å². The molecule has 0 saturated carbocycles. The summed E-state index contributed by atoms with van der Waals surface area (Å²) in [4.78, 5) is 22.7. The summed E-state index contributed by atoms with van der Waals surface area (Å²) in [5, 5.41) is 8.84. The second-order valence-corrected chi connectivity index (χ2v) is 5.42. The van der Waals surface area contributed by atoms with Crippen LogP contribution in [0.1, 0.15) is 32.8 Å². The number of hydrogen-bond acceptors (Lipinski definition) is 4. The molecular formula is C15H20O5. The van der Waals surface area contributed by atoms with Gasteiger partial charge in [0, 0.05) is 0 Å². The van der Waals surface area contributed by atoms with E-state index in [9.17, 15) is 9.59 Å². The molecule has 0 aliphatic carbocycles. The lowest BCUT2D eigenvalue weighted by Crippen LogP contribution is -2.35. The Morgan fingerprint density at radius 3 is 2.30 bits per heavy atom. The lowest BCUT2D eigenvalue weighted by molar-refractivity contribution is -0.173. The maximum absolute atomic E-state index is 11.9. The number of carbonyl (C=O) groups is 2. The summed E-state index contributed by atoms with van der Waals surface area (Å²) in [5.74, 6) is -1.76. The summed E-state index contributed by atoms with van der Waals surface area (Å²) >= 11 is 0. The SMILES string of the molecule is CC(C)(C)OC(=O)C(CC(=O)O)OCc1ccccc1. The summed E-state index contributed by atoms with van der Waals surface area (Å²) in [5.41, 5.74) is 0.190. The molecule has 0 aliphatic rings. The van der Waals surface area contributed by atoms with Crippen LogP contribution in [0.25, 0.3) is 0 Å². The van der Waals surface area contributed by atoms with Crippen LogP contribution in [0.4, 0.5) is 0 Å². The maximum atomic E-state index is 11.9. The normalized spacial score (nSPS) is 12.8. The van der Waals surface area contributed by atoms with Gasteiger partial charge in [0.15, 0.2) is 6.10 Å². The van der Waals surface area contributed by atoms with Gasteiger partial charge in [0.1, 0.15) is 5.60 Å². The Morgan fingerprint density at radius 2 is 1.80 bits per heavy atom. The highest BCUT2D eigenvalue weighted by molar-refractivity contribution is 5.81. The number of hydrogen-bond donors (Lipinski definition) is 1. The smallest absolute Gasteiger partial charge is 0.336 e. The minimum Gasteiger partial charge on any atom is -0.481 e. The number of carbonyl (C=O) groups excluding carboxylic acids is 1. The highest BCUT2D eigenvalue weighted by Crippen LogP contribution is 2.13. The number of benzene rings is 1. The van der Waals surface area contributed by atoms with Crippen LogP contribution in [0, 0.1) is 0 Å². The molecule has 0 aromatic heterocycles. The average Bonchev–Trinajstić information content (AvgIpc) is 2.33. The van der Waals surface area contributed by atoms with Gasteiger partial charge in [0.05, 0.1) is 13.0 Å². The summed E-state index contributed by atoms with van der Waals surface area (Å²) in [7, 11) is 0. The highest BCUT2D eigenvalue weighted by atomic mass is 16.6. The van der Waals surface area contributed by atoms with Crippen LogP contribution in [0.15, 0.2) is 30.3 Å². The molecule has 0 saturated heterocycles.